The monoisotopic (exact) mass is 375 g/mol. The van der Waals surface area contributed by atoms with Crippen molar-refractivity contribution in [3.8, 4) is 5.69 Å². The zero-order valence-corrected chi connectivity index (χ0v) is 15.9. The minimum absolute atomic E-state index is 0.00253. The van der Waals surface area contributed by atoms with Gasteiger partial charge in [-0.1, -0.05) is 48.5 Å². The number of nitrogens with zero attached hydrogens (tertiary/aromatic N) is 3. The predicted octanol–water partition coefficient (Wildman–Crippen LogP) is 3.42. The van der Waals surface area contributed by atoms with Crippen molar-refractivity contribution in [3.05, 3.63) is 84.4 Å². The predicted molar refractivity (Wildman–Crippen MR) is 109 cm³/mol. The first kappa shape index (κ1) is 18.3. The number of amides is 2. The van der Waals surface area contributed by atoms with E-state index in [2.05, 4.69) is 22.4 Å². The Labute approximate surface area is 165 Å². The summed E-state index contributed by atoms with van der Waals surface area (Å²) < 4.78 is 2.00. The highest BCUT2D eigenvalue weighted by molar-refractivity contribution is 5.75. The van der Waals surface area contributed by atoms with Gasteiger partial charge in [0.05, 0.1) is 12.1 Å². The highest BCUT2D eigenvalue weighted by atomic mass is 16.2. The van der Waals surface area contributed by atoms with E-state index in [9.17, 15) is 4.79 Å². The zero-order valence-electron chi connectivity index (χ0n) is 15.9. The SMILES string of the molecule is CC(NC(=O)N1C[C@@H](N)C[C@H]1c1ccccc1)c1nccn1-c1ccccc1. The molecule has 0 bridgehead atoms. The van der Waals surface area contributed by atoms with E-state index < -0.39 is 0 Å². The number of urea groups is 1. The number of benzene rings is 2. The van der Waals surface area contributed by atoms with E-state index in [0.717, 1.165) is 23.5 Å². The molecule has 4 rings (SSSR count). The van der Waals surface area contributed by atoms with Gasteiger partial charge in [-0.15, -0.1) is 0 Å². The second kappa shape index (κ2) is 7.86. The molecule has 1 aliphatic heterocycles. The number of hydrogen-bond donors (Lipinski definition) is 2. The number of aromatic nitrogens is 2. The fourth-order valence-corrected chi connectivity index (χ4v) is 3.86. The van der Waals surface area contributed by atoms with Crippen LogP contribution in [0.3, 0.4) is 0 Å². The van der Waals surface area contributed by atoms with E-state index in [-0.39, 0.29) is 24.2 Å². The lowest BCUT2D eigenvalue weighted by Crippen LogP contribution is -2.42. The maximum Gasteiger partial charge on any atom is 0.318 e. The Hall–Kier alpha value is -3.12. The molecule has 3 aromatic rings. The largest absolute Gasteiger partial charge is 0.328 e. The van der Waals surface area contributed by atoms with Crippen LogP contribution in [0.15, 0.2) is 73.1 Å². The van der Waals surface area contributed by atoms with E-state index in [1.165, 1.54) is 0 Å². The number of carbonyl (C=O) groups is 1. The smallest absolute Gasteiger partial charge is 0.318 e. The molecular formula is C22H25N5O. The van der Waals surface area contributed by atoms with Crippen LogP contribution in [-0.2, 0) is 0 Å². The van der Waals surface area contributed by atoms with Crippen molar-refractivity contribution in [3.63, 3.8) is 0 Å². The first-order chi connectivity index (χ1) is 13.6. The van der Waals surface area contributed by atoms with Crippen molar-refractivity contribution in [2.24, 2.45) is 5.73 Å². The number of likely N-dealkylation sites (tertiary alicyclic amines) is 1. The Morgan fingerprint density at radius 2 is 1.82 bits per heavy atom. The lowest BCUT2D eigenvalue weighted by molar-refractivity contribution is 0.189. The highest BCUT2D eigenvalue weighted by Gasteiger charge is 2.35. The van der Waals surface area contributed by atoms with Crippen molar-refractivity contribution in [2.45, 2.75) is 31.5 Å². The standard InChI is InChI=1S/C22H25N5O/c1-16(21-24-12-13-26(21)19-10-6-3-7-11-19)25-22(28)27-15-18(23)14-20(27)17-8-4-2-5-9-17/h2-13,16,18,20H,14-15,23H2,1H3,(H,25,28)/t16?,18-,20-/m0/s1. The van der Waals surface area contributed by atoms with Crippen LogP contribution in [0.25, 0.3) is 5.69 Å². The van der Waals surface area contributed by atoms with Gasteiger partial charge in [0.15, 0.2) is 0 Å². The molecule has 0 saturated carbocycles. The van der Waals surface area contributed by atoms with E-state index in [0.29, 0.717) is 6.54 Å². The van der Waals surface area contributed by atoms with Crippen LogP contribution in [0.5, 0.6) is 0 Å². The molecule has 0 aliphatic carbocycles. The maximum absolute atomic E-state index is 13.1. The molecule has 1 unspecified atom stereocenters. The van der Waals surface area contributed by atoms with Crippen molar-refractivity contribution in [1.29, 1.82) is 0 Å². The van der Waals surface area contributed by atoms with Gasteiger partial charge < -0.3 is 20.5 Å². The summed E-state index contributed by atoms with van der Waals surface area (Å²) in [6.07, 6.45) is 4.43. The second-order valence-corrected chi connectivity index (χ2v) is 7.24. The zero-order chi connectivity index (χ0) is 19.5. The molecule has 2 heterocycles. The van der Waals surface area contributed by atoms with Crippen molar-refractivity contribution in [2.75, 3.05) is 6.54 Å². The molecule has 3 N–H and O–H groups in total. The van der Waals surface area contributed by atoms with Gasteiger partial charge in [-0.2, -0.15) is 0 Å². The third kappa shape index (κ3) is 3.64. The van der Waals surface area contributed by atoms with Crippen molar-refractivity contribution < 1.29 is 4.79 Å². The maximum atomic E-state index is 13.1. The number of imidazole rings is 1. The number of nitrogens with one attached hydrogen (secondary N) is 1. The third-order valence-electron chi connectivity index (χ3n) is 5.21. The molecule has 28 heavy (non-hydrogen) atoms. The van der Waals surface area contributed by atoms with Gasteiger partial charge >= 0.3 is 6.03 Å². The minimum atomic E-state index is -0.240. The summed E-state index contributed by atoms with van der Waals surface area (Å²) in [4.78, 5) is 19.4. The summed E-state index contributed by atoms with van der Waals surface area (Å²) in [7, 11) is 0. The first-order valence-electron chi connectivity index (χ1n) is 9.60. The Kier molecular flexibility index (Phi) is 5.12. The molecule has 1 fully saturated rings. The molecule has 2 amide bonds. The highest BCUT2D eigenvalue weighted by Crippen LogP contribution is 2.31. The van der Waals surface area contributed by atoms with Crippen LogP contribution < -0.4 is 11.1 Å². The number of rotatable bonds is 4. The lowest BCUT2D eigenvalue weighted by Gasteiger charge is -2.27. The summed E-state index contributed by atoms with van der Waals surface area (Å²) >= 11 is 0. The number of carbonyl (C=O) groups excluding carboxylic acids is 1. The molecule has 0 spiro atoms. The average molecular weight is 375 g/mol. The summed E-state index contributed by atoms with van der Waals surface area (Å²) in [5.74, 6) is 0.791. The number of para-hydroxylation sites is 1. The molecule has 1 saturated heterocycles. The molecule has 6 heteroatoms. The third-order valence-corrected chi connectivity index (χ3v) is 5.21. The average Bonchev–Trinajstić information content (AvgIpc) is 3.36. The molecule has 0 radical (unpaired) electrons. The lowest BCUT2D eigenvalue weighted by atomic mass is 10.0. The minimum Gasteiger partial charge on any atom is -0.328 e. The first-order valence-corrected chi connectivity index (χ1v) is 9.60. The van der Waals surface area contributed by atoms with Gasteiger partial charge in [0, 0.05) is 30.7 Å². The van der Waals surface area contributed by atoms with Crippen LogP contribution >= 0.6 is 0 Å². The van der Waals surface area contributed by atoms with Crippen LogP contribution in [0, 0.1) is 0 Å². The summed E-state index contributed by atoms with van der Waals surface area (Å²) in [6.45, 7) is 2.50. The number of nitrogens with two attached hydrogens (primary N) is 1. The summed E-state index contributed by atoms with van der Waals surface area (Å²) in [5.41, 5.74) is 8.31. The van der Waals surface area contributed by atoms with Gasteiger partial charge in [-0.05, 0) is 31.0 Å². The summed E-state index contributed by atoms with van der Waals surface area (Å²) in [5, 5.41) is 3.10. The Morgan fingerprint density at radius 1 is 1.14 bits per heavy atom. The van der Waals surface area contributed by atoms with Crippen LogP contribution in [0.2, 0.25) is 0 Å². The van der Waals surface area contributed by atoms with E-state index in [1.54, 1.807) is 6.20 Å². The molecular weight excluding hydrogens is 350 g/mol. The van der Waals surface area contributed by atoms with Gasteiger partial charge in [0.2, 0.25) is 0 Å². The van der Waals surface area contributed by atoms with Crippen LogP contribution in [0.4, 0.5) is 4.79 Å². The Balaban J connectivity index is 1.51. The van der Waals surface area contributed by atoms with Gasteiger partial charge in [-0.25, -0.2) is 9.78 Å². The van der Waals surface area contributed by atoms with Crippen LogP contribution in [0.1, 0.15) is 36.8 Å². The topological polar surface area (TPSA) is 76.2 Å². The Morgan fingerprint density at radius 3 is 2.54 bits per heavy atom. The summed E-state index contributed by atoms with van der Waals surface area (Å²) in [6, 6.07) is 19.7. The molecule has 6 nitrogen and oxygen atoms in total. The molecule has 2 aromatic carbocycles. The molecule has 1 aliphatic rings. The Bertz CT molecular complexity index is 924. The quantitative estimate of drug-likeness (QED) is 0.734. The molecule has 1 aromatic heterocycles. The molecule has 3 atom stereocenters. The second-order valence-electron chi connectivity index (χ2n) is 7.24. The van der Waals surface area contributed by atoms with Crippen molar-refractivity contribution >= 4 is 6.03 Å². The van der Waals surface area contributed by atoms with E-state index >= 15 is 0 Å². The normalized spacial score (nSPS) is 20.1. The fourth-order valence-electron chi connectivity index (χ4n) is 3.86. The fraction of sp³-hybridized carbons (Fsp3) is 0.273. The van der Waals surface area contributed by atoms with Gasteiger partial charge in [0.25, 0.3) is 0 Å². The van der Waals surface area contributed by atoms with Gasteiger partial charge in [-0.3, -0.25) is 0 Å². The molecule has 144 valence electrons. The van der Waals surface area contributed by atoms with Gasteiger partial charge in [0.1, 0.15) is 5.82 Å². The van der Waals surface area contributed by atoms with E-state index in [1.807, 2.05) is 71.1 Å². The van der Waals surface area contributed by atoms with Crippen LogP contribution in [-0.4, -0.2) is 33.1 Å². The van der Waals surface area contributed by atoms with E-state index in [4.69, 9.17) is 5.73 Å². The number of hydrogen-bond acceptors (Lipinski definition) is 3. The van der Waals surface area contributed by atoms with Crippen molar-refractivity contribution in [1.82, 2.24) is 19.8 Å².